The van der Waals surface area contributed by atoms with Crippen LogP contribution in [0.4, 0.5) is 5.69 Å². The van der Waals surface area contributed by atoms with Crippen molar-refractivity contribution in [3.63, 3.8) is 0 Å². The predicted octanol–water partition coefficient (Wildman–Crippen LogP) is 3.41. The van der Waals surface area contributed by atoms with Gasteiger partial charge in [0.15, 0.2) is 11.6 Å². The van der Waals surface area contributed by atoms with Gasteiger partial charge in [-0.1, -0.05) is 11.6 Å². The summed E-state index contributed by atoms with van der Waals surface area (Å²) >= 11 is 5.75. The van der Waals surface area contributed by atoms with Gasteiger partial charge in [0, 0.05) is 22.7 Å². The number of hydrogen-bond acceptors (Lipinski definition) is 5. The highest BCUT2D eigenvalue weighted by Gasteiger charge is 2.17. The van der Waals surface area contributed by atoms with Crippen LogP contribution in [0.1, 0.15) is 27.1 Å². The van der Waals surface area contributed by atoms with Crippen LogP contribution in [0.25, 0.3) is 0 Å². The van der Waals surface area contributed by atoms with E-state index in [1.807, 2.05) is 0 Å². The third-order valence-corrected chi connectivity index (χ3v) is 3.22. The number of Topliss-reactive ketones (excluding diaryl/α,β-unsaturated/α-hetero) is 2. The first-order valence-corrected chi connectivity index (χ1v) is 6.55. The van der Waals surface area contributed by atoms with Crippen molar-refractivity contribution in [1.82, 2.24) is 0 Å². The zero-order valence-electron chi connectivity index (χ0n) is 11.2. The Balaban J connectivity index is 2.16. The van der Waals surface area contributed by atoms with Crippen LogP contribution in [0.15, 0.2) is 42.5 Å². The number of carbonyl (C=O) groups excluding carboxylic acids is 2. The number of nitrogens with zero attached hydrogens (tertiary/aromatic N) is 1. The Morgan fingerprint density at radius 3 is 2.32 bits per heavy atom. The van der Waals surface area contributed by atoms with Gasteiger partial charge in [-0.2, -0.15) is 0 Å². The molecule has 0 atom stereocenters. The summed E-state index contributed by atoms with van der Waals surface area (Å²) in [6, 6.07) is 8.92. The molecule has 2 aromatic carbocycles. The fourth-order valence-corrected chi connectivity index (χ4v) is 2.02. The Labute approximate surface area is 130 Å². The molecule has 0 saturated heterocycles. The maximum Gasteiger partial charge on any atom is 0.269 e. The molecule has 0 saturated carbocycles. The molecular formula is C15H10ClNO5. The Bertz CT molecular complexity index is 755. The molecule has 0 heterocycles. The van der Waals surface area contributed by atoms with Crippen molar-refractivity contribution in [2.45, 2.75) is 6.42 Å². The summed E-state index contributed by atoms with van der Waals surface area (Å²) in [5.74, 6) is -1.34. The first-order valence-electron chi connectivity index (χ1n) is 6.18. The number of non-ortho nitro benzene ring substituents is 1. The van der Waals surface area contributed by atoms with Crippen molar-refractivity contribution >= 4 is 28.9 Å². The van der Waals surface area contributed by atoms with Gasteiger partial charge in [-0.3, -0.25) is 19.7 Å². The summed E-state index contributed by atoms with van der Waals surface area (Å²) in [5.41, 5.74) is -0.00130. The van der Waals surface area contributed by atoms with Crippen LogP contribution in [0, 0.1) is 10.1 Å². The van der Waals surface area contributed by atoms with Gasteiger partial charge in [-0.25, -0.2) is 0 Å². The molecule has 2 rings (SSSR count). The van der Waals surface area contributed by atoms with Gasteiger partial charge < -0.3 is 5.11 Å². The Hall–Kier alpha value is -2.73. The van der Waals surface area contributed by atoms with Crippen LogP contribution in [0.2, 0.25) is 5.02 Å². The van der Waals surface area contributed by atoms with Gasteiger partial charge in [0.1, 0.15) is 5.75 Å². The quantitative estimate of drug-likeness (QED) is 0.394. The summed E-state index contributed by atoms with van der Waals surface area (Å²) < 4.78 is 0. The van der Waals surface area contributed by atoms with E-state index in [0.29, 0.717) is 0 Å². The van der Waals surface area contributed by atoms with Crippen LogP contribution in [0.3, 0.4) is 0 Å². The van der Waals surface area contributed by atoms with E-state index in [1.54, 1.807) is 0 Å². The average Bonchev–Trinajstić information content (AvgIpc) is 2.49. The smallest absolute Gasteiger partial charge is 0.269 e. The second kappa shape index (κ2) is 6.36. The molecule has 0 fully saturated rings. The van der Waals surface area contributed by atoms with Crippen molar-refractivity contribution < 1.29 is 19.6 Å². The lowest BCUT2D eigenvalue weighted by molar-refractivity contribution is -0.384. The highest BCUT2D eigenvalue weighted by molar-refractivity contribution is 6.31. The van der Waals surface area contributed by atoms with Crippen LogP contribution in [-0.2, 0) is 0 Å². The Morgan fingerprint density at radius 2 is 1.73 bits per heavy atom. The monoisotopic (exact) mass is 319 g/mol. The minimum atomic E-state index is -0.580. The predicted molar refractivity (Wildman–Crippen MR) is 79.5 cm³/mol. The Morgan fingerprint density at radius 1 is 1.09 bits per heavy atom. The van der Waals surface area contributed by atoms with E-state index >= 15 is 0 Å². The van der Waals surface area contributed by atoms with E-state index in [-0.39, 0.29) is 27.6 Å². The van der Waals surface area contributed by atoms with Gasteiger partial charge in [0.2, 0.25) is 0 Å². The number of nitro groups is 1. The summed E-state index contributed by atoms with van der Waals surface area (Å²) in [7, 11) is 0. The number of phenolic OH excluding ortho intramolecular Hbond substituents is 1. The summed E-state index contributed by atoms with van der Waals surface area (Å²) in [5, 5.41) is 20.4. The number of halogens is 1. The van der Waals surface area contributed by atoms with Crippen LogP contribution < -0.4 is 0 Å². The zero-order chi connectivity index (χ0) is 16.3. The maximum absolute atomic E-state index is 12.0. The third-order valence-electron chi connectivity index (χ3n) is 2.98. The number of carbonyl (C=O) groups is 2. The molecule has 112 valence electrons. The summed E-state index contributed by atoms with van der Waals surface area (Å²) in [4.78, 5) is 34.0. The number of rotatable bonds is 5. The molecule has 0 spiro atoms. The molecule has 6 nitrogen and oxygen atoms in total. The number of hydrogen-bond donors (Lipinski definition) is 1. The summed E-state index contributed by atoms with van der Waals surface area (Å²) in [6.45, 7) is 0. The van der Waals surface area contributed by atoms with Gasteiger partial charge >= 0.3 is 0 Å². The van der Waals surface area contributed by atoms with E-state index < -0.39 is 22.9 Å². The van der Waals surface area contributed by atoms with Gasteiger partial charge in [-0.05, 0) is 30.3 Å². The molecule has 7 heteroatoms. The van der Waals surface area contributed by atoms with Crippen LogP contribution in [-0.4, -0.2) is 21.6 Å². The standard InChI is InChI=1S/C15H10ClNO5/c16-10-3-6-13(18)12(7-10)15(20)8-14(19)9-1-4-11(5-2-9)17(21)22/h1-7,18H,8H2. The van der Waals surface area contributed by atoms with Crippen molar-refractivity contribution in [2.24, 2.45) is 0 Å². The lowest BCUT2D eigenvalue weighted by Crippen LogP contribution is -2.09. The molecule has 0 aliphatic heterocycles. The molecule has 1 N–H and O–H groups in total. The molecule has 0 unspecified atom stereocenters. The molecular weight excluding hydrogens is 310 g/mol. The number of aromatic hydroxyl groups is 1. The van der Waals surface area contributed by atoms with Gasteiger partial charge in [0.25, 0.3) is 5.69 Å². The number of benzene rings is 2. The number of nitro benzene ring substituents is 1. The Kier molecular flexibility index (Phi) is 4.53. The second-order valence-corrected chi connectivity index (χ2v) is 4.93. The van der Waals surface area contributed by atoms with Gasteiger partial charge in [0.05, 0.1) is 16.9 Å². The van der Waals surface area contributed by atoms with E-state index in [1.165, 1.54) is 42.5 Å². The lowest BCUT2D eigenvalue weighted by atomic mass is 10.0. The van der Waals surface area contributed by atoms with Crippen LogP contribution in [0.5, 0.6) is 5.75 Å². The van der Waals surface area contributed by atoms with Crippen molar-refractivity contribution in [2.75, 3.05) is 0 Å². The topological polar surface area (TPSA) is 97.5 Å². The number of ketones is 2. The molecule has 0 aromatic heterocycles. The number of phenols is 1. The lowest BCUT2D eigenvalue weighted by Gasteiger charge is -2.04. The molecule has 2 aromatic rings. The van der Waals surface area contributed by atoms with Gasteiger partial charge in [-0.15, -0.1) is 0 Å². The first kappa shape index (κ1) is 15.7. The fraction of sp³-hybridized carbons (Fsp3) is 0.0667. The maximum atomic E-state index is 12.0. The highest BCUT2D eigenvalue weighted by atomic mass is 35.5. The van der Waals surface area contributed by atoms with Crippen molar-refractivity contribution in [3.8, 4) is 5.75 Å². The van der Waals surface area contributed by atoms with E-state index in [4.69, 9.17) is 11.6 Å². The highest BCUT2D eigenvalue weighted by Crippen LogP contribution is 2.23. The van der Waals surface area contributed by atoms with Crippen molar-refractivity contribution in [3.05, 3.63) is 68.7 Å². The summed E-state index contributed by atoms with van der Waals surface area (Å²) in [6.07, 6.45) is -0.467. The molecule has 0 bridgehead atoms. The fourth-order valence-electron chi connectivity index (χ4n) is 1.84. The zero-order valence-corrected chi connectivity index (χ0v) is 11.9. The molecule has 0 radical (unpaired) electrons. The normalized spacial score (nSPS) is 10.2. The van der Waals surface area contributed by atoms with E-state index in [2.05, 4.69) is 0 Å². The minimum absolute atomic E-state index is 0.0391. The molecule has 0 amide bonds. The average molecular weight is 320 g/mol. The SMILES string of the molecule is O=C(CC(=O)c1cc(Cl)ccc1O)c1ccc([N+](=O)[O-])cc1. The minimum Gasteiger partial charge on any atom is -0.507 e. The van der Waals surface area contributed by atoms with Crippen LogP contribution >= 0.6 is 11.6 Å². The van der Waals surface area contributed by atoms with Crippen molar-refractivity contribution in [1.29, 1.82) is 0 Å². The molecule has 22 heavy (non-hydrogen) atoms. The molecule has 0 aliphatic carbocycles. The van der Waals surface area contributed by atoms with E-state index in [0.717, 1.165) is 0 Å². The second-order valence-electron chi connectivity index (χ2n) is 4.49. The first-order chi connectivity index (χ1) is 10.4. The third kappa shape index (κ3) is 3.48. The largest absolute Gasteiger partial charge is 0.507 e. The van der Waals surface area contributed by atoms with E-state index in [9.17, 15) is 24.8 Å². The molecule has 0 aliphatic rings.